The summed E-state index contributed by atoms with van der Waals surface area (Å²) in [5.74, 6) is -2.40. The number of non-ortho nitro benzene ring substituents is 1. The number of carbonyl (C=O) groups excluding carboxylic acids is 3. The lowest BCUT2D eigenvalue weighted by Gasteiger charge is -2.31. The Morgan fingerprint density at radius 1 is 0.978 bits per heavy atom. The Hall–Kier alpha value is -5.15. The van der Waals surface area contributed by atoms with E-state index >= 15 is 0 Å². The van der Waals surface area contributed by atoms with Gasteiger partial charge in [0.15, 0.2) is 11.5 Å². The van der Waals surface area contributed by atoms with Crippen molar-refractivity contribution in [2.24, 2.45) is 5.92 Å². The third-order valence-corrected chi connectivity index (χ3v) is 10.2. The molecule has 0 radical (unpaired) electrons. The molecule has 15 heteroatoms. The second-order valence-corrected chi connectivity index (χ2v) is 12.3. The molecule has 0 spiro atoms. The summed E-state index contributed by atoms with van der Waals surface area (Å²) in [7, 11) is 2.95. The van der Waals surface area contributed by atoms with Gasteiger partial charge in [0.25, 0.3) is 5.69 Å². The number of nitro benzene ring substituents is 1. The molecule has 230 valence electrons. The van der Waals surface area contributed by atoms with Gasteiger partial charge in [-0.15, -0.1) is 0 Å². The Labute approximate surface area is 263 Å². The molecule has 1 saturated heterocycles. The van der Waals surface area contributed by atoms with Crippen LogP contribution in [0, 0.1) is 16.0 Å². The van der Waals surface area contributed by atoms with Crippen molar-refractivity contribution in [1.82, 2.24) is 4.57 Å². The van der Waals surface area contributed by atoms with Gasteiger partial charge >= 0.3 is 4.87 Å². The number of aromatic nitrogens is 1. The van der Waals surface area contributed by atoms with Gasteiger partial charge in [0.05, 0.1) is 35.8 Å². The van der Waals surface area contributed by atoms with E-state index in [1.54, 1.807) is 18.2 Å². The van der Waals surface area contributed by atoms with Gasteiger partial charge in [-0.2, -0.15) is 0 Å². The fourth-order valence-electron chi connectivity index (χ4n) is 5.53. The number of rotatable bonds is 8. The molecule has 1 fully saturated rings. The third-order valence-electron chi connectivity index (χ3n) is 7.59. The summed E-state index contributed by atoms with van der Waals surface area (Å²) in [5, 5.41) is 22.8. The molecule has 2 N–H and O–H groups in total. The summed E-state index contributed by atoms with van der Waals surface area (Å²) in [4.78, 5) is 66.1. The number of thiazole rings is 1. The Balaban J connectivity index is 1.43. The molecule has 6 rings (SSSR count). The number of phenols is 1. The average Bonchev–Trinajstić information content (AvgIpc) is 3.47. The Kier molecular flexibility index (Phi) is 7.80. The van der Waals surface area contributed by atoms with E-state index in [-0.39, 0.29) is 23.7 Å². The maximum absolute atomic E-state index is 14.1. The predicted octanol–water partition coefficient (Wildman–Crippen LogP) is 3.98. The summed E-state index contributed by atoms with van der Waals surface area (Å²) in [6.45, 7) is -0.358. The van der Waals surface area contributed by atoms with E-state index in [1.807, 2.05) is 0 Å². The second-order valence-electron chi connectivity index (χ2n) is 10.2. The zero-order valence-corrected chi connectivity index (χ0v) is 25.3. The maximum atomic E-state index is 14.1. The van der Waals surface area contributed by atoms with Gasteiger partial charge < -0.3 is 19.9 Å². The summed E-state index contributed by atoms with van der Waals surface area (Å²) in [6, 6.07) is 16.1. The number of imide groups is 1. The first-order chi connectivity index (χ1) is 21.6. The molecule has 45 heavy (non-hydrogen) atoms. The molecular formula is C30H24N4O9S2. The van der Waals surface area contributed by atoms with E-state index in [1.165, 1.54) is 67.3 Å². The molecule has 13 nitrogen and oxygen atoms in total. The Bertz CT molecular complexity index is 1900. The first-order valence-corrected chi connectivity index (χ1v) is 15.1. The van der Waals surface area contributed by atoms with Crippen LogP contribution < -0.4 is 24.6 Å². The van der Waals surface area contributed by atoms with Crippen molar-refractivity contribution >= 4 is 57.9 Å². The van der Waals surface area contributed by atoms with Crippen molar-refractivity contribution < 1.29 is 33.9 Å². The highest BCUT2D eigenvalue weighted by atomic mass is 32.2. The van der Waals surface area contributed by atoms with Crippen molar-refractivity contribution in [1.29, 1.82) is 0 Å². The number of fused-ring (bicyclic) bond motifs is 2. The molecule has 3 amide bonds. The summed E-state index contributed by atoms with van der Waals surface area (Å²) in [6.07, 6.45) is 0. The lowest BCUT2D eigenvalue weighted by atomic mass is 9.83. The Morgan fingerprint density at radius 3 is 2.31 bits per heavy atom. The molecule has 3 unspecified atom stereocenters. The Morgan fingerprint density at radius 2 is 1.67 bits per heavy atom. The fourth-order valence-corrected chi connectivity index (χ4v) is 8.30. The van der Waals surface area contributed by atoms with E-state index in [2.05, 4.69) is 5.32 Å². The number of hydrogen-bond acceptors (Lipinski definition) is 11. The molecule has 3 heterocycles. The molecule has 4 aromatic rings. The topological polar surface area (TPSA) is 170 Å². The lowest BCUT2D eigenvalue weighted by molar-refractivity contribution is -0.384. The van der Waals surface area contributed by atoms with E-state index in [0.29, 0.717) is 32.7 Å². The molecule has 2 aliphatic rings. The maximum Gasteiger partial charge on any atom is 0.308 e. The highest BCUT2D eigenvalue weighted by Crippen LogP contribution is 2.54. The molecule has 3 aromatic carbocycles. The van der Waals surface area contributed by atoms with Gasteiger partial charge in [-0.25, -0.2) is 4.90 Å². The van der Waals surface area contributed by atoms with Crippen LogP contribution in [0.25, 0.3) is 0 Å². The molecule has 0 bridgehead atoms. The van der Waals surface area contributed by atoms with E-state index < -0.39 is 44.6 Å². The monoisotopic (exact) mass is 648 g/mol. The number of phenolic OH excluding ortho intramolecular Hbond substituents is 1. The number of benzene rings is 3. The van der Waals surface area contributed by atoms with Crippen LogP contribution in [0.1, 0.15) is 16.4 Å². The second kappa shape index (κ2) is 11.7. The quantitative estimate of drug-likeness (QED) is 0.123. The number of nitro groups is 1. The normalized spacial score (nSPS) is 18.7. The largest absolute Gasteiger partial charge is 0.508 e. The molecule has 3 atom stereocenters. The highest BCUT2D eigenvalue weighted by Gasteiger charge is 2.57. The van der Waals surface area contributed by atoms with Crippen LogP contribution in [-0.4, -0.2) is 51.8 Å². The van der Waals surface area contributed by atoms with Crippen molar-refractivity contribution in [3.63, 3.8) is 0 Å². The summed E-state index contributed by atoms with van der Waals surface area (Å²) < 4.78 is 12.2. The van der Waals surface area contributed by atoms with Gasteiger partial charge in [-0.05, 0) is 54.1 Å². The van der Waals surface area contributed by atoms with Crippen LogP contribution >= 0.6 is 23.1 Å². The van der Waals surface area contributed by atoms with E-state index in [4.69, 9.17) is 9.47 Å². The smallest absolute Gasteiger partial charge is 0.308 e. The van der Waals surface area contributed by atoms with Crippen molar-refractivity contribution in [3.8, 4) is 17.2 Å². The number of aromatic hydroxyl groups is 1. The first-order valence-electron chi connectivity index (χ1n) is 13.4. The fraction of sp³-hybridized carbons (Fsp3) is 0.200. The number of thioether (sulfide) groups is 1. The highest BCUT2D eigenvalue weighted by molar-refractivity contribution is 8.00. The number of nitrogens with one attached hydrogen (secondary N) is 1. The van der Waals surface area contributed by atoms with Crippen LogP contribution in [0.3, 0.4) is 0 Å². The molecular weight excluding hydrogens is 624 g/mol. The number of carbonyl (C=O) groups is 3. The van der Waals surface area contributed by atoms with Crippen LogP contribution in [0.4, 0.5) is 17.1 Å². The summed E-state index contributed by atoms with van der Waals surface area (Å²) in [5.41, 5.74) is 1.01. The van der Waals surface area contributed by atoms with Crippen molar-refractivity contribution in [3.05, 3.63) is 97.0 Å². The van der Waals surface area contributed by atoms with Crippen LogP contribution in [-0.2, 0) is 20.9 Å². The first kappa shape index (κ1) is 29.9. The molecule has 2 aliphatic heterocycles. The molecule has 1 aromatic heterocycles. The number of ether oxygens (including phenoxy) is 2. The van der Waals surface area contributed by atoms with E-state index in [0.717, 1.165) is 28.0 Å². The van der Waals surface area contributed by atoms with Crippen LogP contribution in [0.2, 0.25) is 0 Å². The zero-order chi connectivity index (χ0) is 32.0. The van der Waals surface area contributed by atoms with Gasteiger partial charge in [0.2, 0.25) is 17.7 Å². The number of anilines is 2. The number of methoxy groups -OCH3 is 2. The molecule has 0 saturated carbocycles. The predicted molar refractivity (Wildman–Crippen MR) is 165 cm³/mol. The van der Waals surface area contributed by atoms with Gasteiger partial charge in [0.1, 0.15) is 17.5 Å². The van der Waals surface area contributed by atoms with Gasteiger partial charge in [0, 0.05) is 28.6 Å². The number of amides is 3. The van der Waals surface area contributed by atoms with Crippen molar-refractivity contribution in [2.75, 3.05) is 24.4 Å². The minimum Gasteiger partial charge on any atom is -0.508 e. The third kappa shape index (κ3) is 5.29. The lowest BCUT2D eigenvalue weighted by Crippen LogP contribution is -2.33. The minimum absolute atomic E-state index is 0.0295. The van der Waals surface area contributed by atoms with Gasteiger partial charge in [-0.1, -0.05) is 29.2 Å². The van der Waals surface area contributed by atoms with Crippen LogP contribution in [0.15, 0.2) is 76.6 Å². The summed E-state index contributed by atoms with van der Waals surface area (Å²) >= 11 is 1.94. The molecule has 0 aliphatic carbocycles. The van der Waals surface area contributed by atoms with E-state index in [9.17, 15) is 34.4 Å². The average molecular weight is 649 g/mol. The SMILES string of the molecule is COc1ccc(C2c3sc(=O)n(CC(=O)Nc4ccc(O)cc4)c3SC3C(=O)N(c4ccc([N+](=O)[O-])cc4)C(=O)C32)cc1OC. The standard InChI is InChI=1S/C30H24N4O9S2/c1-42-20-12-3-15(13-21(20)43-2)23-24-25(28(38)33(27(24)37)17-6-8-18(9-7-17)34(40)41)44-29-26(23)45-30(39)32(29)14-22(36)31-16-4-10-19(35)11-5-16/h3-13,23-25,35H,14H2,1-2H3,(H,31,36). The van der Waals surface area contributed by atoms with Crippen molar-refractivity contribution in [2.45, 2.75) is 22.7 Å². The number of hydrogen-bond donors (Lipinski definition) is 2. The zero-order valence-electron chi connectivity index (χ0n) is 23.7. The van der Waals surface area contributed by atoms with Gasteiger partial charge in [-0.3, -0.25) is 33.9 Å². The number of nitrogens with zero attached hydrogens (tertiary/aromatic N) is 3. The minimum atomic E-state index is -0.960. The van der Waals surface area contributed by atoms with Crippen LogP contribution in [0.5, 0.6) is 17.2 Å².